The summed E-state index contributed by atoms with van der Waals surface area (Å²) < 4.78 is 9.46. The molecule has 0 spiro atoms. The van der Waals surface area contributed by atoms with E-state index < -0.39 is 5.60 Å². The number of nitrogens with one attached hydrogen (secondary N) is 2. The van der Waals surface area contributed by atoms with Gasteiger partial charge in [-0.15, -0.1) is 0 Å². The lowest BCUT2D eigenvalue weighted by molar-refractivity contribution is -0.0680. The molecule has 2 unspecified atom stereocenters. The molecule has 1 aliphatic carbocycles. The summed E-state index contributed by atoms with van der Waals surface area (Å²) >= 11 is 1.28. The van der Waals surface area contributed by atoms with Gasteiger partial charge in [0.2, 0.25) is 0 Å². The molecule has 0 bridgehead atoms. The van der Waals surface area contributed by atoms with Crippen molar-refractivity contribution in [1.29, 1.82) is 0 Å². The summed E-state index contributed by atoms with van der Waals surface area (Å²) in [5.41, 5.74) is 1.34. The number of methoxy groups -OCH3 is 1. The number of rotatable bonds is 6. The molecule has 1 saturated carbocycles. The first kappa shape index (κ1) is 22.0. The second-order valence-corrected chi connectivity index (χ2v) is 9.89. The predicted molar refractivity (Wildman–Crippen MR) is 121 cm³/mol. The van der Waals surface area contributed by atoms with E-state index in [0.717, 1.165) is 61.0 Å². The second-order valence-electron chi connectivity index (χ2n) is 9.09. The molecule has 3 heterocycles. The molecule has 1 saturated heterocycles. The van der Waals surface area contributed by atoms with E-state index in [-0.39, 0.29) is 18.0 Å². The molecule has 2 atom stereocenters. The maximum absolute atomic E-state index is 12.6. The summed E-state index contributed by atoms with van der Waals surface area (Å²) in [7, 11) is 1.63. The van der Waals surface area contributed by atoms with Crippen LogP contribution in [0.25, 0.3) is 0 Å². The number of aliphatic hydroxyl groups is 1. The van der Waals surface area contributed by atoms with Gasteiger partial charge < -0.3 is 20.1 Å². The van der Waals surface area contributed by atoms with Crippen LogP contribution >= 0.6 is 11.5 Å². The third-order valence-corrected chi connectivity index (χ3v) is 7.02. The number of aryl methyl sites for hydroxylation is 1. The molecule has 1 aliphatic heterocycles. The van der Waals surface area contributed by atoms with E-state index in [4.69, 9.17) is 4.74 Å². The number of urea groups is 1. The third kappa shape index (κ3) is 5.53. The third-order valence-electron chi connectivity index (χ3n) is 6.23. The molecule has 2 aromatic rings. The van der Waals surface area contributed by atoms with Crippen LogP contribution in [0, 0.1) is 12.8 Å². The number of likely N-dealkylation sites (tertiary alicyclic amines) is 1. The summed E-state index contributed by atoms with van der Waals surface area (Å²) in [6, 6.07) is 5.54. The van der Waals surface area contributed by atoms with Crippen LogP contribution in [0.3, 0.4) is 0 Å². The van der Waals surface area contributed by atoms with E-state index in [2.05, 4.69) is 24.9 Å². The minimum Gasteiger partial charge on any atom is -0.495 e. The average Bonchev–Trinajstić information content (AvgIpc) is 3.12. The smallest absolute Gasteiger partial charge is 0.320 e. The second kappa shape index (κ2) is 9.10. The number of anilines is 1. The molecular weight excluding hydrogens is 414 g/mol. The summed E-state index contributed by atoms with van der Waals surface area (Å²) in [6.45, 7) is 6.52. The molecule has 168 valence electrons. The molecule has 9 heteroatoms. The van der Waals surface area contributed by atoms with Crippen molar-refractivity contribution in [3.63, 3.8) is 0 Å². The summed E-state index contributed by atoms with van der Waals surface area (Å²) in [6.07, 6.45) is 4.28. The molecule has 2 aliphatic rings. The zero-order valence-corrected chi connectivity index (χ0v) is 19.1. The molecule has 2 fully saturated rings. The molecule has 0 radical (unpaired) electrons. The Balaban J connectivity index is 1.43. The lowest BCUT2D eigenvalue weighted by Gasteiger charge is -2.46. The number of hydrogen-bond acceptors (Lipinski definition) is 7. The molecule has 0 aromatic carbocycles. The van der Waals surface area contributed by atoms with Crippen LogP contribution in [-0.2, 0) is 0 Å². The van der Waals surface area contributed by atoms with Gasteiger partial charge in [-0.25, -0.2) is 4.79 Å². The quantitative estimate of drug-likeness (QED) is 0.632. The Hall–Kier alpha value is -2.23. The van der Waals surface area contributed by atoms with Gasteiger partial charge in [0, 0.05) is 37.3 Å². The Labute approximate surface area is 187 Å². The minimum atomic E-state index is -0.505. The van der Waals surface area contributed by atoms with Crippen molar-refractivity contribution in [2.24, 2.45) is 5.92 Å². The van der Waals surface area contributed by atoms with Crippen molar-refractivity contribution in [2.45, 2.75) is 50.7 Å². The van der Waals surface area contributed by atoms with Gasteiger partial charge in [0.05, 0.1) is 24.6 Å². The Morgan fingerprint density at radius 3 is 2.84 bits per heavy atom. The highest BCUT2D eigenvalue weighted by atomic mass is 32.1. The lowest BCUT2D eigenvalue weighted by atomic mass is 9.71. The number of ether oxygens (including phenoxy) is 1. The topological polar surface area (TPSA) is 99.6 Å². The maximum atomic E-state index is 12.6. The highest BCUT2D eigenvalue weighted by Gasteiger charge is 2.40. The van der Waals surface area contributed by atoms with Crippen LogP contribution in [0.1, 0.15) is 43.5 Å². The van der Waals surface area contributed by atoms with Crippen molar-refractivity contribution >= 4 is 22.6 Å². The van der Waals surface area contributed by atoms with Gasteiger partial charge in [0.1, 0.15) is 10.8 Å². The van der Waals surface area contributed by atoms with Gasteiger partial charge >= 0.3 is 6.03 Å². The SMILES string of the molecule is COc1ccc(C2CN(CC3CC(C)(O)C3)CCC2NC(=O)Nc2cc(C)ns2)nc1. The van der Waals surface area contributed by atoms with Gasteiger partial charge in [0.15, 0.2) is 0 Å². The monoisotopic (exact) mass is 445 g/mol. The summed E-state index contributed by atoms with van der Waals surface area (Å²) in [4.78, 5) is 19.7. The number of carbonyl (C=O) groups excluding carboxylic acids is 1. The average molecular weight is 446 g/mol. The zero-order valence-electron chi connectivity index (χ0n) is 18.3. The Kier molecular flexibility index (Phi) is 6.45. The standard InChI is InChI=1S/C22H31N5O3S/c1-14-8-20(31-26-14)25-21(28)24-19-6-7-27(12-15-9-22(2,29)10-15)13-17(19)18-5-4-16(30-3)11-23-18/h4-5,8,11,15,17,19,29H,6-7,9-10,12-13H2,1-3H3,(H2,24,25,28). The molecular formula is C22H31N5O3S. The van der Waals surface area contributed by atoms with E-state index in [9.17, 15) is 9.90 Å². The largest absolute Gasteiger partial charge is 0.495 e. The number of nitrogens with zero attached hydrogens (tertiary/aromatic N) is 3. The van der Waals surface area contributed by atoms with E-state index in [1.807, 2.05) is 32.0 Å². The Morgan fingerprint density at radius 2 is 2.23 bits per heavy atom. The van der Waals surface area contributed by atoms with Gasteiger partial charge in [-0.3, -0.25) is 10.3 Å². The van der Waals surface area contributed by atoms with Crippen LogP contribution in [0.2, 0.25) is 0 Å². The van der Waals surface area contributed by atoms with Crippen LogP contribution < -0.4 is 15.4 Å². The van der Waals surface area contributed by atoms with Crippen LogP contribution in [0.5, 0.6) is 5.75 Å². The number of amides is 2. The van der Waals surface area contributed by atoms with Crippen molar-refractivity contribution in [2.75, 3.05) is 32.1 Å². The number of aromatic nitrogens is 2. The molecule has 3 N–H and O–H groups in total. The molecule has 8 nitrogen and oxygen atoms in total. The number of carbonyl (C=O) groups is 1. The summed E-state index contributed by atoms with van der Waals surface area (Å²) in [5, 5.41) is 16.9. The van der Waals surface area contributed by atoms with Crippen LogP contribution in [0.4, 0.5) is 9.80 Å². The molecule has 4 rings (SSSR count). The number of pyridine rings is 1. The van der Waals surface area contributed by atoms with Crippen LogP contribution in [-0.4, -0.2) is 63.8 Å². The van der Waals surface area contributed by atoms with Crippen molar-refractivity contribution in [3.05, 3.63) is 35.8 Å². The summed E-state index contributed by atoms with van der Waals surface area (Å²) in [5.74, 6) is 1.33. The predicted octanol–water partition coefficient (Wildman–Crippen LogP) is 3.00. The molecule has 2 aromatic heterocycles. The van der Waals surface area contributed by atoms with Crippen LogP contribution in [0.15, 0.2) is 24.4 Å². The zero-order chi connectivity index (χ0) is 22.0. The van der Waals surface area contributed by atoms with Gasteiger partial charge in [0.25, 0.3) is 0 Å². The molecule has 2 amide bonds. The maximum Gasteiger partial charge on any atom is 0.320 e. The van der Waals surface area contributed by atoms with Gasteiger partial charge in [-0.1, -0.05) is 0 Å². The fourth-order valence-electron chi connectivity index (χ4n) is 4.81. The van der Waals surface area contributed by atoms with E-state index in [1.165, 1.54) is 11.5 Å². The van der Waals surface area contributed by atoms with Crippen molar-refractivity contribution < 1.29 is 14.6 Å². The minimum absolute atomic E-state index is 0.0179. The first-order valence-corrected chi connectivity index (χ1v) is 11.5. The first-order chi connectivity index (χ1) is 14.8. The lowest BCUT2D eigenvalue weighted by Crippen LogP contribution is -2.53. The number of piperidine rings is 1. The van der Waals surface area contributed by atoms with Gasteiger partial charge in [-0.05, 0) is 68.8 Å². The Morgan fingerprint density at radius 1 is 1.42 bits per heavy atom. The van der Waals surface area contributed by atoms with Crippen molar-refractivity contribution in [1.82, 2.24) is 19.6 Å². The first-order valence-electron chi connectivity index (χ1n) is 10.8. The van der Waals surface area contributed by atoms with E-state index >= 15 is 0 Å². The normalized spacial score (nSPS) is 28.6. The van der Waals surface area contributed by atoms with E-state index in [1.54, 1.807) is 13.3 Å². The fraction of sp³-hybridized carbons (Fsp3) is 0.591. The van der Waals surface area contributed by atoms with Gasteiger partial charge in [-0.2, -0.15) is 4.37 Å². The van der Waals surface area contributed by atoms with E-state index in [0.29, 0.717) is 5.92 Å². The molecule has 31 heavy (non-hydrogen) atoms. The highest BCUT2D eigenvalue weighted by Crippen LogP contribution is 2.38. The van der Waals surface area contributed by atoms with Crippen molar-refractivity contribution in [3.8, 4) is 5.75 Å². The Bertz CT molecular complexity index is 893. The fourth-order valence-corrected chi connectivity index (χ4v) is 5.46. The highest BCUT2D eigenvalue weighted by molar-refractivity contribution is 7.10. The number of hydrogen-bond donors (Lipinski definition) is 3.